The second-order valence-corrected chi connectivity index (χ2v) is 9.56. The summed E-state index contributed by atoms with van der Waals surface area (Å²) in [5.41, 5.74) is -0.532. The molecule has 1 aliphatic heterocycles. The molecule has 0 unspecified atom stereocenters. The van der Waals surface area contributed by atoms with Crippen LogP contribution in [-0.4, -0.2) is 65.9 Å². The lowest BCUT2D eigenvalue weighted by Crippen LogP contribution is -2.54. The van der Waals surface area contributed by atoms with Gasteiger partial charge in [0, 0.05) is 32.0 Å². The van der Waals surface area contributed by atoms with E-state index >= 15 is 0 Å². The van der Waals surface area contributed by atoms with E-state index in [9.17, 15) is 23.9 Å². The lowest BCUT2D eigenvalue weighted by Gasteiger charge is -2.42. The molecular formula is C24H27FN6O4. The predicted octanol–water partition coefficient (Wildman–Crippen LogP) is 0.989. The van der Waals surface area contributed by atoms with Crippen LogP contribution in [-0.2, 0) is 16.1 Å². The number of halogens is 1. The highest BCUT2D eigenvalue weighted by molar-refractivity contribution is 5.81. The smallest absolute Gasteiger partial charge is 0.264 e. The Morgan fingerprint density at radius 2 is 1.89 bits per heavy atom. The summed E-state index contributed by atoms with van der Waals surface area (Å²) < 4.78 is 16.1. The van der Waals surface area contributed by atoms with Crippen LogP contribution in [0.1, 0.15) is 32.6 Å². The van der Waals surface area contributed by atoms with Crippen molar-refractivity contribution in [2.75, 3.05) is 13.1 Å². The number of carbonyl (C=O) groups is 2. The molecule has 0 radical (unpaired) electrons. The van der Waals surface area contributed by atoms with Crippen LogP contribution in [0, 0.1) is 11.7 Å². The summed E-state index contributed by atoms with van der Waals surface area (Å²) >= 11 is 0. The predicted molar refractivity (Wildman–Crippen MR) is 124 cm³/mol. The minimum Gasteiger partial charge on any atom is -0.388 e. The molecule has 2 N–H and O–H groups in total. The summed E-state index contributed by atoms with van der Waals surface area (Å²) in [7, 11) is 0. The summed E-state index contributed by atoms with van der Waals surface area (Å²) in [6.07, 6.45) is 4.79. The number of hydrogen-bond donors (Lipinski definition) is 2. The van der Waals surface area contributed by atoms with Gasteiger partial charge in [0.25, 0.3) is 5.56 Å². The number of nitrogens with zero attached hydrogens (tertiary/aromatic N) is 5. The number of carbonyl (C=O) groups excluding carboxylic acids is 2. The van der Waals surface area contributed by atoms with Gasteiger partial charge in [0.2, 0.25) is 11.8 Å². The fraction of sp³-hybridized carbons (Fsp3) is 0.458. The average Bonchev–Trinajstić information content (AvgIpc) is 3.23. The first kappa shape index (κ1) is 23.2. The van der Waals surface area contributed by atoms with Crippen molar-refractivity contribution in [1.82, 2.24) is 29.5 Å². The minimum atomic E-state index is -1.14. The molecule has 1 aliphatic carbocycles. The van der Waals surface area contributed by atoms with E-state index < -0.39 is 5.60 Å². The zero-order valence-corrected chi connectivity index (χ0v) is 19.4. The monoisotopic (exact) mass is 482 g/mol. The van der Waals surface area contributed by atoms with Gasteiger partial charge in [-0.2, -0.15) is 5.10 Å². The van der Waals surface area contributed by atoms with Crippen molar-refractivity contribution >= 4 is 22.8 Å². The van der Waals surface area contributed by atoms with Crippen LogP contribution < -0.4 is 10.9 Å². The molecule has 5 rings (SSSR count). The number of aliphatic hydroxyl groups is 1. The molecule has 1 aromatic carbocycles. The lowest BCUT2D eigenvalue weighted by atomic mass is 9.78. The summed E-state index contributed by atoms with van der Waals surface area (Å²) in [5.74, 6) is -0.495. The zero-order valence-electron chi connectivity index (χ0n) is 19.4. The number of benzene rings is 1. The van der Waals surface area contributed by atoms with Crippen LogP contribution in [0.15, 0.2) is 41.6 Å². The molecule has 0 spiro atoms. The molecule has 2 aliphatic rings. The molecule has 2 aromatic heterocycles. The van der Waals surface area contributed by atoms with E-state index in [1.165, 1.54) is 40.8 Å². The lowest BCUT2D eigenvalue weighted by molar-refractivity contribution is -0.144. The maximum absolute atomic E-state index is 13.2. The fourth-order valence-electron chi connectivity index (χ4n) is 4.93. The Balaban J connectivity index is 1.24. The highest BCUT2D eigenvalue weighted by Gasteiger charge is 2.40. The van der Waals surface area contributed by atoms with Crippen molar-refractivity contribution in [1.29, 1.82) is 0 Å². The van der Waals surface area contributed by atoms with Gasteiger partial charge in [-0.15, -0.1) is 0 Å². The third-order valence-corrected chi connectivity index (χ3v) is 6.99. The van der Waals surface area contributed by atoms with Crippen molar-refractivity contribution in [3.8, 4) is 5.69 Å². The summed E-state index contributed by atoms with van der Waals surface area (Å²) in [6.45, 7) is 2.34. The molecule has 35 heavy (non-hydrogen) atoms. The van der Waals surface area contributed by atoms with Gasteiger partial charge >= 0.3 is 0 Å². The Labute approximate surface area is 200 Å². The maximum Gasteiger partial charge on any atom is 0.264 e. The molecule has 11 heteroatoms. The number of rotatable bonds is 5. The fourth-order valence-corrected chi connectivity index (χ4v) is 4.93. The van der Waals surface area contributed by atoms with Crippen molar-refractivity contribution in [3.63, 3.8) is 0 Å². The molecule has 3 aromatic rings. The van der Waals surface area contributed by atoms with Crippen molar-refractivity contribution in [3.05, 3.63) is 53.0 Å². The first-order chi connectivity index (χ1) is 16.7. The van der Waals surface area contributed by atoms with Gasteiger partial charge in [-0.1, -0.05) is 0 Å². The largest absolute Gasteiger partial charge is 0.388 e. The molecule has 2 fully saturated rings. The van der Waals surface area contributed by atoms with Crippen LogP contribution in [0.4, 0.5) is 4.39 Å². The Morgan fingerprint density at radius 1 is 1.20 bits per heavy atom. The second kappa shape index (κ2) is 8.88. The van der Waals surface area contributed by atoms with E-state index in [1.807, 2.05) is 0 Å². The van der Waals surface area contributed by atoms with Crippen molar-refractivity contribution < 1.29 is 19.1 Å². The summed E-state index contributed by atoms with van der Waals surface area (Å²) in [6, 6.07) is 5.78. The van der Waals surface area contributed by atoms with E-state index in [2.05, 4.69) is 15.4 Å². The molecular weight excluding hydrogens is 455 g/mol. The maximum atomic E-state index is 13.2. The highest BCUT2D eigenvalue weighted by atomic mass is 19.1. The van der Waals surface area contributed by atoms with Gasteiger partial charge in [-0.05, 0) is 49.9 Å². The van der Waals surface area contributed by atoms with Gasteiger partial charge in [0.1, 0.15) is 17.5 Å². The number of fused-ring (bicyclic) bond motifs is 1. The van der Waals surface area contributed by atoms with Crippen LogP contribution >= 0.6 is 0 Å². The first-order valence-electron chi connectivity index (χ1n) is 11.7. The van der Waals surface area contributed by atoms with Crippen LogP contribution in [0.3, 0.4) is 0 Å². The van der Waals surface area contributed by atoms with E-state index in [0.29, 0.717) is 55.5 Å². The van der Waals surface area contributed by atoms with Crippen molar-refractivity contribution in [2.24, 2.45) is 5.92 Å². The normalized spacial score (nSPS) is 21.5. The number of piperidine rings is 1. The van der Waals surface area contributed by atoms with Crippen molar-refractivity contribution in [2.45, 2.75) is 50.8 Å². The SMILES string of the molecule is CC(=O)N[C@H]1C[C@H](C(=O)N2CCC(O)(Cn3cnc4c(cnn4-c4ccc(F)cc4)c3=O)CC2)C1. The van der Waals surface area contributed by atoms with E-state index in [0.717, 1.165) is 0 Å². The Morgan fingerprint density at radius 3 is 2.54 bits per heavy atom. The molecule has 2 amide bonds. The molecule has 1 saturated heterocycles. The van der Waals surface area contributed by atoms with Gasteiger partial charge < -0.3 is 15.3 Å². The summed E-state index contributed by atoms with van der Waals surface area (Å²) in [4.78, 5) is 43.1. The Kier molecular flexibility index (Phi) is 5.87. The molecule has 0 bridgehead atoms. The third kappa shape index (κ3) is 4.55. The molecule has 3 heterocycles. The Hall–Kier alpha value is -3.60. The minimum absolute atomic E-state index is 0.0575. The second-order valence-electron chi connectivity index (χ2n) is 9.56. The summed E-state index contributed by atoms with van der Waals surface area (Å²) in [5, 5.41) is 18.5. The topological polar surface area (TPSA) is 122 Å². The number of aromatic nitrogens is 4. The first-order valence-corrected chi connectivity index (χ1v) is 11.7. The van der Waals surface area contributed by atoms with E-state index in [-0.39, 0.29) is 41.7 Å². The number of hydrogen-bond acceptors (Lipinski definition) is 6. The zero-order chi connectivity index (χ0) is 24.7. The van der Waals surface area contributed by atoms with Gasteiger partial charge in [-0.3, -0.25) is 19.0 Å². The van der Waals surface area contributed by atoms with Gasteiger partial charge in [-0.25, -0.2) is 14.1 Å². The van der Waals surface area contributed by atoms with Gasteiger partial charge in [0.15, 0.2) is 5.65 Å². The standard InChI is InChI=1S/C24H27FN6O4/c1-15(32)28-18-10-16(11-18)22(33)29-8-6-24(35,7-9-29)13-30-14-26-21-20(23(30)34)12-27-31(21)19-4-2-17(25)3-5-19/h2-5,12,14,16,18,35H,6-11,13H2,1H3,(H,28,32)/t16-,18-. The number of amides is 2. The van der Waals surface area contributed by atoms with Crippen LogP contribution in [0.2, 0.25) is 0 Å². The third-order valence-electron chi connectivity index (χ3n) is 6.99. The molecule has 1 saturated carbocycles. The van der Waals surface area contributed by atoms with Gasteiger partial charge in [0.05, 0.1) is 24.0 Å². The molecule has 10 nitrogen and oxygen atoms in total. The van der Waals surface area contributed by atoms with E-state index in [4.69, 9.17) is 0 Å². The number of nitrogens with one attached hydrogen (secondary N) is 1. The highest BCUT2D eigenvalue weighted by Crippen LogP contribution is 2.32. The van der Waals surface area contributed by atoms with E-state index in [1.54, 1.807) is 17.0 Å². The molecule has 0 atom stereocenters. The Bertz CT molecular complexity index is 1320. The van der Waals surface area contributed by atoms with Crippen LogP contribution in [0.5, 0.6) is 0 Å². The quantitative estimate of drug-likeness (QED) is 0.559. The van der Waals surface area contributed by atoms with Crippen LogP contribution in [0.25, 0.3) is 16.7 Å². The molecule has 184 valence electrons. The number of likely N-dealkylation sites (tertiary alicyclic amines) is 1. The average molecular weight is 483 g/mol.